The van der Waals surface area contributed by atoms with Crippen LogP contribution in [-0.2, 0) is 0 Å². The summed E-state index contributed by atoms with van der Waals surface area (Å²) >= 11 is 22.1. The molecule has 0 aliphatic rings. The molecule has 0 saturated heterocycles. The van der Waals surface area contributed by atoms with E-state index in [1.54, 1.807) is 0 Å². The fourth-order valence-electron chi connectivity index (χ4n) is 5.82. The first-order chi connectivity index (χ1) is 24.2. The summed E-state index contributed by atoms with van der Waals surface area (Å²) in [4.78, 5) is 0. The van der Waals surface area contributed by atoms with Crippen LogP contribution in [0.2, 0.25) is 10.0 Å². The maximum atomic E-state index is 9.44. The molecule has 0 spiro atoms. The van der Waals surface area contributed by atoms with Crippen molar-refractivity contribution in [3.8, 4) is 11.1 Å². The second kappa shape index (κ2) is 17.8. The monoisotopic (exact) mass is 886 g/mol. The first kappa shape index (κ1) is 38.0. The summed E-state index contributed by atoms with van der Waals surface area (Å²) in [7, 11) is -1.44. The van der Waals surface area contributed by atoms with Crippen LogP contribution in [0.15, 0.2) is 159 Å². The summed E-state index contributed by atoms with van der Waals surface area (Å²) in [6.45, 7) is 4.00. The van der Waals surface area contributed by atoms with Crippen LogP contribution >= 0.6 is 71.0 Å². The first-order valence-electron chi connectivity index (χ1n) is 15.9. The van der Waals surface area contributed by atoms with Gasteiger partial charge in [0.25, 0.3) is 0 Å². The molecule has 2 nitrogen and oxygen atoms in total. The molecule has 50 heavy (non-hydrogen) atoms. The minimum absolute atomic E-state index is 0.555. The normalized spacial score (nSPS) is 10.5. The van der Waals surface area contributed by atoms with Crippen LogP contribution in [-0.4, -0.2) is 17.2 Å². The minimum atomic E-state index is -1.44. The molecule has 0 aromatic heterocycles. The van der Waals surface area contributed by atoms with Crippen molar-refractivity contribution in [3.05, 3.63) is 169 Å². The zero-order chi connectivity index (χ0) is 35.8. The lowest BCUT2D eigenvalue weighted by atomic mass is 9.76. The number of benzene rings is 8. The van der Waals surface area contributed by atoms with Crippen molar-refractivity contribution in [1.82, 2.24) is 0 Å². The van der Waals surface area contributed by atoms with Crippen LogP contribution in [0.3, 0.4) is 0 Å². The Morgan fingerprint density at radius 2 is 0.840 bits per heavy atom. The molecule has 0 fully saturated rings. The SMILES string of the molecule is CC.Clc1cc(Br)cc(-c2cc3ccccc3c3ccccc23)c1.Clc1cc(Br)cc(Br)c1.OB(O)c1cc2ccccc2c2ccccc12. The average Bonchev–Trinajstić information content (AvgIpc) is 3.11. The highest BCUT2D eigenvalue weighted by atomic mass is 79.9. The van der Waals surface area contributed by atoms with Crippen LogP contribution in [0, 0.1) is 0 Å². The first-order valence-corrected chi connectivity index (χ1v) is 19.1. The van der Waals surface area contributed by atoms with Crippen molar-refractivity contribution in [2.24, 2.45) is 0 Å². The predicted molar refractivity (Wildman–Crippen MR) is 229 cm³/mol. The van der Waals surface area contributed by atoms with E-state index in [4.69, 9.17) is 23.2 Å². The Morgan fingerprint density at radius 1 is 0.440 bits per heavy atom. The van der Waals surface area contributed by atoms with Crippen molar-refractivity contribution in [3.63, 3.8) is 0 Å². The lowest BCUT2D eigenvalue weighted by Gasteiger charge is -2.11. The van der Waals surface area contributed by atoms with Crippen molar-refractivity contribution in [2.75, 3.05) is 0 Å². The fourth-order valence-corrected chi connectivity index (χ4v) is 8.47. The highest BCUT2D eigenvalue weighted by Gasteiger charge is 2.16. The predicted octanol–water partition coefficient (Wildman–Crippen LogP) is 13.6. The third-order valence-corrected chi connectivity index (χ3v) is 9.66. The van der Waals surface area contributed by atoms with Gasteiger partial charge in [-0.05, 0) is 102 Å². The molecule has 8 rings (SSSR count). The quantitative estimate of drug-likeness (QED) is 0.134. The summed E-state index contributed by atoms with van der Waals surface area (Å²) in [6, 6.07) is 48.5. The Bertz CT molecular complexity index is 2350. The van der Waals surface area contributed by atoms with E-state index in [9.17, 15) is 10.0 Å². The summed E-state index contributed by atoms with van der Waals surface area (Å²) in [6.07, 6.45) is 0. The van der Waals surface area contributed by atoms with Gasteiger partial charge in [0.1, 0.15) is 0 Å². The van der Waals surface area contributed by atoms with Crippen LogP contribution in [0.5, 0.6) is 0 Å². The molecular weight excluding hydrogens is 858 g/mol. The fraction of sp³-hybridized carbons (Fsp3) is 0.0476. The van der Waals surface area contributed by atoms with E-state index in [2.05, 4.69) is 108 Å². The Kier molecular flexibility index (Phi) is 13.6. The van der Waals surface area contributed by atoms with Gasteiger partial charge in [0.2, 0.25) is 0 Å². The lowest BCUT2D eigenvalue weighted by Crippen LogP contribution is -2.30. The summed E-state index contributed by atoms with van der Waals surface area (Å²) in [5.74, 6) is 0. The zero-order valence-electron chi connectivity index (χ0n) is 27.2. The molecule has 0 bridgehead atoms. The molecule has 0 radical (unpaired) electrons. The number of rotatable bonds is 2. The van der Waals surface area contributed by atoms with Gasteiger partial charge in [-0.15, -0.1) is 0 Å². The molecule has 0 heterocycles. The Hall–Kier alpha value is -3.20. The van der Waals surface area contributed by atoms with Gasteiger partial charge >= 0.3 is 7.12 Å². The van der Waals surface area contributed by atoms with E-state index in [1.165, 1.54) is 27.1 Å². The third kappa shape index (κ3) is 9.17. The zero-order valence-corrected chi connectivity index (χ0v) is 33.5. The molecule has 250 valence electrons. The molecule has 0 aliphatic heterocycles. The molecule has 0 aliphatic carbocycles. The smallest absolute Gasteiger partial charge is 0.423 e. The van der Waals surface area contributed by atoms with E-state index in [0.29, 0.717) is 5.46 Å². The van der Waals surface area contributed by atoms with Crippen molar-refractivity contribution >= 4 is 127 Å². The van der Waals surface area contributed by atoms with E-state index < -0.39 is 7.12 Å². The van der Waals surface area contributed by atoms with E-state index in [0.717, 1.165) is 50.6 Å². The molecule has 8 aromatic carbocycles. The largest absolute Gasteiger partial charge is 0.489 e. The van der Waals surface area contributed by atoms with Gasteiger partial charge in [-0.2, -0.15) is 0 Å². The average molecular weight is 890 g/mol. The Labute approximate surface area is 328 Å². The highest BCUT2D eigenvalue weighted by molar-refractivity contribution is 9.11. The van der Waals surface area contributed by atoms with Gasteiger partial charge in [0.15, 0.2) is 0 Å². The molecular formula is C42H32BBr3Cl2O2. The van der Waals surface area contributed by atoms with Gasteiger partial charge < -0.3 is 10.0 Å². The second-order valence-corrected chi connectivity index (χ2v) is 14.7. The molecule has 0 unspecified atom stereocenters. The maximum absolute atomic E-state index is 9.44. The molecule has 0 atom stereocenters. The Balaban J connectivity index is 0.000000154. The number of hydrogen-bond donors (Lipinski definition) is 2. The molecule has 0 amide bonds. The van der Waals surface area contributed by atoms with Crippen LogP contribution < -0.4 is 5.46 Å². The third-order valence-electron chi connectivity index (χ3n) is 7.85. The van der Waals surface area contributed by atoms with E-state index >= 15 is 0 Å². The van der Waals surface area contributed by atoms with Gasteiger partial charge in [-0.3, -0.25) is 0 Å². The van der Waals surface area contributed by atoms with Crippen LogP contribution in [0.1, 0.15) is 13.8 Å². The number of fused-ring (bicyclic) bond motifs is 6. The number of halogens is 5. The van der Waals surface area contributed by atoms with E-state index in [-0.39, 0.29) is 0 Å². The van der Waals surface area contributed by atoms with Gasteiger partial charge in [-0.25, -0.2) is 0 Å². The summed E-state index contributed by atoms with van der Waals surface area (Å²) in [5.41, 5.74) is 2.89. The molecule has 8 aromatic rings. The lowest BCUT2D eigenvalue weighted by molar-refractivity contribution is 0.426. The van der Waals surface area contributed by atoms with Gasteiger partial charge in [0.05, 0.1) is 0 Å². The van der Waals surface area contributed by atoms with Crippen molar-refractivity contribution in [2.45, 2.75) is 13.8 Å². The van der Waals surface area contributed by atoms with E-state index in [1.807, 2.05) is 98.8 Å². The van der Waals surface area contributed by atoms with Crippen molar-refractivity contribution in [1.29, 1.82) is 0 Å². The standard InChI is InChI=1S/C20H12BrCl.C14H11BO2.C6H3Br2Cl.C2H6/c21-15-9-14(10-16(22)12-15)20-11-13-5-1-2-6-17(13)18-7-3-4-8-19(18)20;16-15(17)14-9-10-5-1-2-6-11(10)12-7-3-4-8-13(12)14;7-4-1-5(8)3-6(9)2-4;1-2/h1-12H;1-9,16-17H;1-3H;1-2H3. The number of hydrogen-bond acceptors (Lipinski definition) is 2. The van der Waals surface area contributed by atoms with Gasteiger partial charge in [0, 0.05) is 23.5 Å². The van der Waals surface area contributed by atoms with Crippen molar-refractivity contribution < 1.29 is 10.0 Å². The topological polar surface area (TPSA) is 40.5 Å². The summed E-state index contributed by atoms with van der Waals surface area (Å²) in [5, 5.41) is 29.5. The molecule has 8 heteroatoms. The molecule has 2 N–H and O–H groups in total. The Morgan fingerprint density at radius 3 is 1.34 bits per heavy atom. The minimum Gasteiger partial charge on any atom is -0.423 e. The maximum Gasteiger partial charge on any atom is 0.489 e. The molecule has 0 saturated carbocycles. The second-order valence-electron chi connectivity index (χ2n) is 11.0. The van der Waals surface area contributed by atoms with Crippen LogP contribution in [0.25, 0.3) is 54.2 Å². The van der Waals surface area contributed by atoms with Crippen LogP contribution in [0.4, 0.5) is 0 Å². The van der Waals surface area contributed by atoms with Gasteiger partial charge in [-0.1, -0.05) is 188 Å². The highest BCUT2D eigenvalue weighted by Crippen LogP contribution is 2.37. The summed E-state index contributed by atoms with van der Waals surface area (Å²) < 4.78 is 2.97.